The lowest BCUT2D eigenvalue weighted by molar-refractivity contribution is 0.358. The van der Waals surface area contributed by atoms with Crippen LogP contribution in [0.25, 0.3) is 0 Å². The molecule has 0 unspecified atom stereocenters. The van der Waals surface area contributed by atoms with Crippen molar-refractivity contribution in [2.45, 2.75) is 26.7 Å². The number of hydrogen-bond acceptors (Lipinski definition) is 4. The van der Waals surface area contributed by atoms with E-state index in [1.807, 2.05) is 14.0 Å². The number of rotatable bonds is 11. The largest absolute Gasteiger partial charge is 0.317 e. The first-order valence-electron chi connectivity index (χ1n) is 6.38. The van der Waals surface area contributed by atoms with E-state index in [4.69, 9.17) is 0 Å². The van der Waals surface area contributed by atoms with E-state index in [2.05, 4.69) is 21.9 Å². The Morgan fingerprint density at radius 3 is 2.41 bits per heavy atom. The second-order valence-electron chi connectivity index (χ2n) is 4.21. The molecule has 0 aromatic rings. The van der Waals surface area contributed by atoms with Gasteiger partial charge in [-0.25, -0.2) is 13.1 Å². The molecular weight excluding hydrogens is 238 g/mol. The third kappa shape index (κ3) is 10.7. The third-order valence-electron chi connectivity index (χ3n) is 2.55. The summed E-state index contributed by atoms with van der Waals surface area (Å²) in [7, 11) is -1.11. The number of likely N-dealkylation sites (N-methyl/N-ethyl adjacent to an activating group) is 1. The van der Waals surface area contributed by atoms with Crippen LogP contribution in [0.15, 0.2) is 0 Å². The van der Waals surface area contributed by atoms with Gasteiger partial charge in [0.05, 0.1) is 5.75 Å². The third-order valence-corrected chi connectivity index (χ3v) is 4.02. The van der Waals surface area contributed by atoms with Crippen LogP contribution in [-0.2, 0) is 10.0 Å². The average Bonchev–Trinajstić information content (AvgIpc) is 2.28. The average molecular weight is 265 g/mol. The van der Waals surface area contributed by atoms with Crippen molar-refractivity contribution < 1.29 is 8.42 Å². The van der Waals surface area contributed by atoms with Crippen molar-refractivity contribution in [3.63, 3.8) is 0 Å². The zero-order chi connectivity index (χ0) is 13.1. The Kier molecular flexibility index (Phi) is 9.72. The fourth-order valence-electron chi connectivity index (χ4n) is 1.31. The Balaban J connectivity index is 3.59. The van der Waals surface area contributed by atoms with Crippen LogP contribution in [0.4, 0.5) is 0 Å². The fraction of sp³-hybridized carbons (Fsp3) is 1.00. The van der Waals surface area contributed by atoms with Crippen molar-refractivity contribution in [2.24, 2.45) is 0 Å². The molecule has 0 heterocycles. The molecule has 2 N–H and O–H groups in total. The van der Waals surface area contributed by atoms with Gasteiger partial charge in [0.2, 0.25) is 10.0 Å². The SMILES string of the molecule is CCCNCCCS(=O)(=O)NCCN(C)CC. The van der Waals surface area contributed by atoms with Crippen LogP contribution in [0.2, 0.25) is 0 Å². The van der Waals surface area contributed by atoms with Crippen molar-refractivity contribution in [3.05, 3.63) is 0 Å². The Hall–Kier alpha value is -0.170. The summed E-state index contributed by atoms with van der Waals surface area (Å²) in [5, 5.41) is 3.19. The lowest BCUT2D eigenvalue weighted by Crippen LogP contribution is -2.34. The summed E-state index contributed by atoms with van der Waals surface area (Å²) in [5.74, 6) is 0.208. The van der Waals surface area contributed by atoms with E-state index >= 15 is 0 Å². The van der Waals surface area contributed by atoms with Crippen LogP contribution >= 0.6 is 0 Å². The molecule has 0 spiro atoms. The van der Waals surface area contributed by atoms with Crippen molar-refractivity contribution in [1.82, 2.24) is 14.9 Å². The van der Waals surface area contributed by atoms with E-state index in [1.165, 1.54) is 0 Å². The van der Waals surface area contributed by atoms with Gasteiger partial charge in [-0.2, -0.15) is 0 Å². The fourth-order valence-corrected chi connectivity index (χ4v) is 2.38. The van der Waals surface area contributed by atoms with Crippen LogP contribution in [0.3, 0.4) is 0 Å². The summed E-state index contributed by atoms with van der Waals surface area (Å²) < 4.78 is 25.8. The molecule has 104 valence electrons. The number of hydrogen-bond donors (Lipinski definition) is 2. The predicted octanol–water partition coefficient (Wildman–Crippen LogP) is 0.247. The van der Waals surface area contributed by atoms with Gasteiger partial charge in [0.25, 0.3) is 0 Å². The predicted molar refractivity (Wildman–Crippen MR) is 72.7 cm³/mol. The Morgan fingerprint density at radius 2 is 1.82 bits per heavy atom. The minimum atomic E-state index is -3.09. The molecule has 0 aromatic carbocycles. The molecule has 0 aliphatic heterocycles. The molecule has 0 radical (unpaired) electrons. The molecule has 0 atom stereocenters. The Bertz CT molecular complexity index is 268. The van der Waals surface area contributed by atoms with Gasteiger partial charge in [-0.3, -0.25) is 0 Å². The molecule has 0 bridgehead atoms. The second kappa shape index (κ2) is 9.82. The van der Waals surface area contributed by atoms with Crippen LogP contribution in [-0.4, -0.2) is 58.8 Å². The molecule has 17 heavy (non-hydrogen) atoms. The van der Waals surface area contributed by atoms with E-state index < -0.39 is 10.0 Å². The molecule has 0 aliphatic carbocycles. The van der Waals surface area contributed by atoms with Gasteiger partial charge < -0.3 is 10.2 Å². The molecule has 6 heteroatoms. The molecule has 0 aliphatic rings. The maximum Gasteiger partial charge on any atom is 0.211 e. The van der Waals surface area contributed by atoms with Gasteiger partial charge in [-0.1, -0.05) is 13.8 Å². The van der Waals surface area contributed by atoms with Gasteiger partial charge in [0.1, 0.15) is 0 Å². The van der Waals surface area contributed by atoms with E-state index in [0.29, 0.717) is 13.0 Å². The maximum atomic E-state index is 11.6. The topological polar surface area (TPSA) is 61.4 Å². The minimum absolute atomic E-state index is 0.208. The highest BCUT2D eigenvalue weighted by atomic mass is 32.2. The first kappa shape index (κ1) is 16.8. The summed E-state index contributed by atoms with van der Waals surface area (Å²) in [6.45, 7) is 8.04. The van der Waals surface area contributed by atoms with E-state index in [1.54, 1.807) is 0 Å². The maximum absolute atomic E-state index is 11.6. The lowest BCUT2D eigenvalue weighted by atomic mass is 10.4. The van der Waals surface area contributed by atoms with Gasteiger partial charge in [-0.05, 0) is 39.5 Å². The van der Waals surface area contributed by atoms with Crippen molar-refractivity contribution in [1.29, 1.82) is 0 Å². The van der Waals surface area contributed by atoms with Gasteiger partial charge >= 0.3 is 0 Å². The zero-order valence-electron chi connectivity index (χ0n) is 11.3. The van der Waals surface area contributed by atoms with Crippen molar-refractivity contribution in [3.8, 4) is 0 Å². The summed E-state index contributed by atoms with van der Waals surface area (Å²) >= 11 is 0. The molecule has 0 aromatic heterocycles. The highest BCUT2D eigenvalue weighted by molar-refractivity contribution is 7.89. The highest BCUT2D eigenvalue weighted by Crippen LogP contribution is 1.89. The molecule has 0 rings (SSSR count). The summed E-state index contributed by atoms with van der Waals surface area (Å²) in [6.07, 6.45) is 1.74. The number of nitrogens with zero attached hydrogens (tertiary/aromatic N) is 1. The smallest absolute Gasteiger partial charge is 0.211 e. The molecule has 5 nitrogen and oxygen atoms in total. The van der Waals surface area contributed by atoms with E-state index in [0.717, 1.165) is 32.6 Å². The summed E-state index contributed by atoms with van der Waals surface area (Å²) in [6, 6.07) is 0. The molecule has 0 amide bonds. The summed E-state index contributed by atoms with van der Waals surface area (Å²) in [5.41, 5.74) is 0. The van der Waals surface area contributed by atoms with Crippen LogP contribution in [0.1, 0.15) is 26.7 Å². The lowest BCUT2D eigenvalue weighted by Gasteiger charge is -2.14. The molecule has 0 saturated heterocycles. The minimum Gasteiger partial charge on any atom is -0.317 e. The van der Waals surface area contributed by atoms with Crippen LogP contribution < -0.4 is 10.0 Å². The second-order valence-corrected chi connectivity index (χ2v) is 6.14. The number of nitrogens with one attached hydrogen (secondary N) is 2. The molecule has 0 fully saturated rings. The van der Waals surface area contributed by atoms with Gasteiger partial charge in [-0.15, -0.1) is 0 Å². The molecule has 0 saturated carbocycles. The quantitative estimate of drug-likeness (QED) is 0.526. The monoisotopic (exact) mass is 265 g/mol. The Labute approximate surface area is 106 Å². The highest BCUT2D eigenvalue weighted by Gasteiger charge is 2.08. The number of sulfonamides is 1. The van der Waals surface area contributed by atoms with Gasteiger partial charge in [0.15, 0.2) is 0 Å². The Morgan fingerprint density at radius 1 is 1.12 bits per heavy atom. The van der Waals surface area contributed by atoms with Crippen LogP contribution in [0, 0.1) is 0 Å². The summed E-state index contributed by atoms with van der Waals surface area (Å²) in [4.78, 5) is 2.07. The van der Waals surface area contributed by atoms with E-state index in [-0.39, 0.29) is 5.75 Å². The first-order valence-corrected chi connectivity index (χ1v) is 8.03. The van der Waals surface area contributed by atoms with Crippen molar-refractivity contribution in [2.75, 3.05) is 45.5 Å². The van der Waals surface area contributed by atoms with Crippen LogP contribution in [0.5, 0.6) is 0 Å². The van der Waals surface area contributed by atoms with Gasteiger partial charge in [0, 0.05) is 13.1 Å². The first-order chi connectivity index (χ1) is 8.02. The van der Waals surface area contributed by atoms with Crippen molar-refractivity contribution >= 4 is 10.0 Å². The molecular formula is C11H27N3O2S. The zero-order valence-corrected chi connectivity index (χ0v) is 12.1. The van der Waals surface area contributed by atoms with E-state index in [9.17, 15) is 8.42 Å². The standard InChI is InChI=1S/C11H27N3O2S/c1-4-7-12-8-6-11-17(15,16)13-9-10-14(3)5-2/h12-13H,4-11H2,1-3H3. The normalized spacial score (nSPS) is 12.2.